The molecular weight excluding hydrogens is 557 g/mol. The summed E-state index contributed by atoms with van der Waals surface area (Å²) in [6.07, 6.45) is 3.17. The average Bonchev–Trinajstić information content (AvgIpc) is 3.47. The molecule has 0 spiro atoms. The van der Waals surface area contributed by atoms with Gasteiger partial charge in [-0.2, -0.15) is 0 Å². The molecule has 2 amide bonds. The zero-order valence-corrected chi connectivity index (χ0v) is 22.9. The van der Waals surface area contributed by atoms with E-state index in [-0.39, 0.29) is 43.0 Å². The number of nitrogens with zero attached hydrogens (tertiary/aromatic N) is 1. The molecule has 10 heteroatoms. The quantitative estimate of drug-likeness (QED) is 0.253. The van der Waals surface area contributed by atoms with E-state index in [9.17, 15) is 24.8 Å². The minimum absolute atomic E-state index is 0.187. The maximum atomic E-state index is 13.5. The number of aliphatic hydroxyl groups excluding tert-OH is 1. The second-order valence-corrected chi connectivity index (χ2v) is 12.0. The van der Waals surface area contributed by atoms with E-state index >= 15 is 0 Å². The number of carbonyl (C=O) groups excluding carboxylic acids is 2. The first-order valence-electron chi connectivity index (χ1n) is 12.5. The molecule has 5 rings (SSSR count). The fourth-order valence-corrected chi connectivity index (χ4v) is 7.10. The summed E-state index contributed by atoms with van der Waals surface area (Å²) in [5.41, 5.74) is 3.33. The van der Waals surface area contributed by atoms with Gasteiger partial charge in [-0.05, 0) is 79.2 Å². The van der Waals surface area contributed by atoms with Crippen LogP contribution in [0.4, 0.5) is 0 Å². The van der Waals surface area contributed by atoms with Gasteiger partial charge in [0.25, 0.3) is 0 Å². The summed E-state index contributed by atoms with van der Waals surface area (Å²) >= 11 is 4.93. The van der Waals surface area contributed by atoms with Crippen LogP contribution in [0.15, 0.2) is 56.9 Å². The van der Waals surface area contributed by atoms with E-state index in [2.05, 4.69) is 15.9 Å². The largest absolute Gasteiger partial charge is 0.507 e. The summed E-state index contributed by atoms with van der Waals surface area (Å²) in [6, 6.07) is 9.06. The van der Waals surface area contributed by atoms with E-state index < -0.39 is 25.1 Å². The predicted octanol–water partition coefficient (Wildman–Crippen LogP) is 4.39. The summed E-state index contributed by atoms with van der Waals surface area (Å²) in [5.74, 6) is -1.62. The molecule has 0 saturated carbocycles. The van der Waals surface area contributed by atoms with Crippen LogP contribution in [0.5, 0.6) is 5.75 Å². The highest BCUT2D eigenvalue weighted by Crippen LogP contribution is 2.50. The number of carbonyl (C=O) groups is 2. The standard InChI is InChI=1S/C27H29BBrNO6S/c1-15(9-16-10-18(29)5-6-22(16)32)4-7-23-24-17(14-31)11-20-25(21(24)12-28(35)36-23)27(34)30(26(20)33)13-19-3-2-8-37-19/h2-3,5-6,8-10,20-21,23,25,31-32,35H,4,7,11-14H2,1H3/b15-9+/t20-,21+,23-,25-/m1/s1. The van der Waals surface area contributed by atoms with Gasteiger partial charge in [0, 0.05) is 14.9 Å². The number of imide groups is 1. The molecule has 3 aliphatic rings. The number of rotatable bonds is 7. The number of thiophene rings is 1. The summed E-state index contributed by atoms with van der Waals surface area (Å²) in [7, 11) is -1.05. The van der Waals surface area contributed by atoms with E-state index in [0.29, 0.717) is 24.8 Å². The number of hydrogen-bond donors (Lipinski definition) is 3. The van der Waals surface area contributed by atoms with Crippen LogP contribution < -0.4 is 0 Å². The molecule has 194 valence electrons. The second kappa shape index (κ2) is 10.9. The first kappa shape index (κ1) is 26.4. The van der Waals surface area contributed by atoms with Crippen LogP contribution in [0, 0.1) is 17.8 Å². The Morgan fingerprint density at radius 2 is 2.08 bits per heavy atom. The fraction of sp³-hybridized carbons (Fsp3) is 0.407. The molecular formula is C27H29BBrNO6S. The Hall–Kier alpha value is -2.24. The smallest absolute Gasteiger partial charge is 0.455 e. The van der Waals surface area contributed by atoms with Gasteiger partial charge in [0.1, 0.15) is 5.75 Å². The number of halogens is 1. The third kappa shape index (κ3) is 5.22. The van der Waals surface area contributed by atoms with Crippen molar-refractivity contribution in [2.75, 3.05) is 6.61 Å². The highest BCUT2D eigenvalue weighted by Gasteiger charge is 2.57. The Morgan fingerprint density at radius 1 is 1.27 bits per heavy atom. The molecule has 3 heterocycles. The molecule has 1 aromatic carbocycles. The molecule has 2 fully saturated rings. The van der Waals surface area contributed by atoms with Crippen LogP contribution in [0.1, 0.15) is 36.6 Å². The van der Waals surface area contributed by atoms with Crippen molar-refractivity contribution in [3.8, 4) is 5.75 Å². The average molecular weight is 586 g/mol. The van der Waals surface area contributed by atoms with Crippen LogP contribution in [0.2, 0.25) is 6.32 Å². The Kier molecular flexibility index (Phi) is 7.74. The lowest BCUT2D eigenvalue weighted by atomic mass is 9.58. The monoisotopic (exact) mass is 585 g/mol. The normalized spacial score (nSPS) is 26.1. The summed E-state index contributed by atoms with van der Waals surface area (Å²) in [4.78, 5) is 29.1. The van der Waals surface area contributed by atoms with Gasteiger partial charge in [-0.25, -0.2) is 0 Å². The molecule has 4 atom stereocenters. The number of phenols is 1. The number of likely N-dealkylation sites (tertiary alicyclic amines) is 1. The number of amides is 2. The number of benzene rings is 1. The van der Waals surface area contributed by atoms with E-state index in [0.717, 1.165) is 26.1 Å². The van der Waals surface area contributed by atoms with Crippen molar-refractivity contribution < 1.29 is 29.5 Å². The second-order valence-electron chi connectivity index (χ2n) is 10.0. The third-order valence-corrected chi connectivity index (χ3v) is 9.03. The SMILES string of the molecule is C/C(=C\c1cc(Br)ccc1O)CC[C@H]1OB(O)C[C@H]2C1=C(CO)C[C@H]1C(=O)N(Cc3cccs3)C(=O)[C@H]12. The zero-order valence-electron chi connectivity index (χ0n) is 20.5. The number of hydrogen-bond acceptors (Lipinski definition) is 7. The number of allylic oxidation sites excluding steroid dienone is 1. The number of aromatic hydroxyl groups is 1. The summed E-state index contributed by atoms with van der Waals surface area (Å²) in [5, 5.41) is 33.0. The van der Waals surface area contributed by atoms with E-state index in [1.807, 2.05) is 36.6 Å². The molecule has 37 heavy (non-hydrogen) atoms. The summed E-state index contributed by atoms with van der Waals surface area (Å²) in [6.45, 7) is 2.02. The number of phenolic OH excluding ortho intramolecular Hbond substituents is 1. The lowest BCUT2D eigenvalue weighted by Crippen LogP contribution is -2.46. The van der Waals surface area contributed by atoms with Crippen molar-refractivity contribution in [2.24, 2.45) is 17.8 Å². The van der Waals surface area contributed by atoms with Crippen molar-refractivity contribution >= 4 is 52.3 Å². The zero-order chi connectivity index (χ0) is 26.3. The van der Waals surface area contributed by atoms with Crippen molar-refractivity contribution in [2.45, 2.75) is 45.2 Å². The van der Waals surface area contributed by atoms with Gasteiger partial charge >= 0.3 is 7.12 Å². The van der Waals surface area contributed by atoms with Crippen LogP contribution >= 0.6 is 27.3 Å². The van der Waals surface area contributed by atoms with Crippen LogP contribution in [-0.2, 0) is 20.8 Å². The van der Waals surface area contributed by atoms with Crippen LogP contribution in [-0.4, -0.2) is 51.8 Å². The third-order valence-electron chi connectivity index (χ3n) is 7.68. The fourth-order valence-electron chi connectivity index (χ4n) is 6.03. The predicted molar refractivity (Wildman–Crippen MR) is 145 cm³/mol. The van der Waals surface area contributed by atoms with Gasteiger partial charge in [0.05, 0.1) is 31.1 Å². The molecule has 7 nitrogen and oxygen atoms in total. The highest BCUT2D eigenvalue weighted by molar-refractivity contribution is 9.10. The van der Waals surface area contributed by atoms with Gasteiger partial charge < -0.3 is 19.9 Å². The van der Waals surface area contributed by atoms with Crippen molar-refractivity contribution in [3.63, 3.8) is 0 Å². The van der Waals surface area contributed by atoms with E-state index in [1.165, 1.54) is 16.2 Å². The Morgan fingerprint density at radius 3 is 2.81 bits per heavy atom. The van der Waals surface area contributed by atoms with Crippen molar-refractivity contribution in [1.29, 1.82) is 0 Å². The first-order valence-corrected chi connectivity index (χ1v) is 14.1. The number of fused-ring (bicyclic) bond motifs is 3. The van der Waals surface area contributed by atoms with Crippen molar-refractivity contribution in [1.82, 2.24) is 4.90 Å². The minimum atomic E-state index is -1.05. The lowest BCUT2D eigenvalue weighted by molar-refractivity contribution is -0.140. The van der Waals surface area contributed by atoms with Gasteiger partial charge in [-0.15, -0.1) is 11.3 Å². The van der Waals surface area contributed by atoms with Crippen molar-refractivity contribution in [3.05, 3.63) is 67.3 Å². The minimum Gasteiger partial charge on any atom is -0.507 e. The summed E-state index contributed by atoms with van der Waals surface area (Å²) < 4.78 is 6.81. The van der Waals surface area contributed by atoms with Crippen LogP contribution in [0.25, 0.3) is 6.08 Å². The maximum absolute atomic E-state index is 13.5. The molecule has 2 aromatic rings. The highest BCUT2D eigenvalue weighted by atomic mass is 79.9. The molecule has 0 radical (unpaired) electrons. The van der Waals surface area contributed by atoms with Gasteiger partial charge in [0.15, 0.2) is 0 Å². The van der Waals surface area contributed by atoms with E-state index in [4.69, 9.17) is 4.65 Å². The molecule has 0 bridgehead atoms. The maximum Gasteiger partial charge on any atom is 0.455 e. The van der Waals surface area contributed by atoms with Gasteiger partial charge in [-0.3, -0.25) is 14.5 Å². The molecule has 3 N–H and O–H groups in total. The molecule has 1 aliphatic carbocycles. The first-order chi connectivity index (χ1) is 17.8. The van der Waals surface area contributed by atoms with E-state index in [1.54, 1.807) is 12.1 Å². The molecule has 1 aromatic heterocycles. The van der Waals surface area contributed by atoms with Gasteiger partial charge in [0.2, 0.25) is 11.8 Å². The molecule has 0 unspecified atom stereocenters. The number of aliphatic hydroxyl groups is 1. The lowest BCUT2D eigenvalue weighted by Gasteiger charge is -2.42. The Bertz CT molecular complexity index is 1260. The molecule has 2 aliphatic heterocycles. The Labute approximate surface area is 228 Å². The van der Waals surface area contributed by atoms with Gasteiger partial charge in [-0.1, -0.05) is 33.6 Å². The topological polar surface area (TPSA) is 107 Å². The molecule has 2 saturated heterocycles. The Balaban J connectivity index is 1.38. The van der Waals surface area contributed by atoms with Crippen LogP contribution in [0.3, 0.4) is 0 Å².